The molecular weight excluding hydrogens is 408 g/mol. The van der Waals surface area contributed by atoms with E-state index in [0.717, 1.165) is 4.90 Å². The van der Waals surface area contributed by atoms with E-state index in [0.29, 0.717) is 37.6 Å². The van der Waals surface area contributed by atoms with Gasteiger partial charge in [-0.05, 0) is 50.6 Å². The lowest BCUT2D eigenvalue weighted by Gasteiger charge is -2.27. The van der Waals surface area contributed by atoms with E-state index in [1.807, 2.05) is 38.1 Å². The van der Waals surface area contributed by atoms with Crippen LogP contribution < -0.4 is 5.32 Å². The van der Waals surface area contributed by atoms with Crippen LogP contribution in [-0.4, -0.2) is 50.2 Å². The predicted octanol–water partition coefficient (Wildman–Crippen LogP) is 3.44. The maximum Gasteiger partial charge on any atom is 0.243 e. The van der Waals surface area contributed by atoms with E-state index >= 15 is 0 Å². The Morgan fingerprint density at radius 3 is 2.41 bits per heavy atom. The standard InChI is InChI=1S/C21H26N2O4S2/c1-15-4-8-19(9-5-15)28-17(3)21(24)22-18-7-6-16(2)20(14-18)29(25,26)23-10-12-27-13-11-23/h4-9,14,17H,10-13H2,1-3H3,(H,22,24). The van der Waals surface area contributed by atoms with E-state index in [1.165, 1.54) is 21.6 Å². The molecule has 1 fully saturated rings. The first-order valence-corrected chi connectivity index (χ1v) is 11.8. The first kappa shape index (κ1) is 21.8. The van der Waals surface area contributed by atoms with Gasteiger partial charge in [0.1, 0.15) is 0 Å². The van der Waals surface area contributed by atoms with Gasteiger partial charge in [-0.2, -0.15) is 4.31 Å². The van der Waals surface area contributed by atoms with E-state index in [-0.39, 0.29) is 16.1 Å². The highest BCUT2D eigenvalue weighted by Gasteiger charge is 2.28. The maximum atomic E-state index is 13.0. The summed E-state index contributed by atoms with van der Waals surface area (Å²) in [5.41, 5.74) is 2.29. The summed E-state index contributed by atoms with van der Waals surface area (Å²) in [5.74, 6) is -0.172. The van der Waals surface area contributed by atoms with Crippen molar-refractivity contribution >= 4 is 33.4 Å². The van der Waals surface area contributed by atoms with Gasteiger partial charge in [0, 0.05) is 23.7 Å². The van der Waals surface area contributed by atoms with E-state index < -0.39 is 10.0 Å². The highest BCUT2D eigenvalue weighted by molar-refractivity contribution is 8.00. The summed E-state index contributed by atoms with van der Waals surface area (Å²) in [6.07, 6.45) is 0. The number of benzene rings is 2. The van der Waals surface area contributed by atoms with Crippen molar-refractivity contribution in [3.05, 3.63) is 53.6 Å². The van der Waals surface area contributed by atoms with Crippen molar-refractivity contribution in [3.63, 3.8) is 0 Å². The molecule has 0 aromatic heterocycles. The summed E-state index contributed by atoms with van der Waals surface area (Å²) < 4.78 is 32.7. The molecule has 1 aliphatic heterocycles. The van der Waals surface area contributed by atoms with Crippen molar-refractivity contribution in [1.29, 1.82) is 0 Å². The van der Waals surface area contributed by atoms with Crippen molar-refractivity contribution in [2.24, 2.45) is 0 Å². The summed E-state index contributed by atoms with van der Waals surface area (Å²) >= 11 is 1.46. The van der Waals surface area contributed by atoms with Crippen LogP contribution in [-0.2, 0) is 19.6 Å². The molecule has 1 unspecified atom stereocenters. The predicted molar refractivity (Wildman–Crippen MR) is 116 cm³/mol. The minimum Gasteiger partial charge on any atom is -0.379 e. The smallest absolute Gasteiger partial charge is 0.243 e. The number of nitrogens with one attached hydrogen (secondary N) is 1. The van der Waals surface area contributed by atoms with Gasteiger partial charge in [0.15, 0.2) is 0 Å². The Balaban J connectivity index is 1.73. The topological polar surface area (TPSA) is 75.7 Å². The molecule has 1 amide bonds. The molecule has 156 valence electrons. The number of anilines is 1. The Morgan fingerprint density at radius 1 is 1.10 bits per heavy atom. The number of morpholine rings is 1. The molecular formula is C21H26N2O4S2. The second kappa shape index (κ2) is 9.30. The number of rotatable bonds is 6. The zero-order chi connectivity index (χ0) is 21.0. The van der Waals surface area contributed by atoms with Gasteiger partial charge in [0.25, 0.3) is 0 Å². The quantitative estimate of drug-likeness (QED) is 0.705. The molecule has 0 spiro atoms. The van der Waals surface area contributed by atoms with Crippen molar-refractivity contribution < 1.29 is 17.9 Å². The van der Waals surface area contributed by atoms with Crippen molar-refractivity contribution in [3.8, 4) is 0 Å². The van der Waals surface area contributed by atoms with E-state index in [1.54, 1.807) is 25.1 Å². The fourth-order valence-electron chi connectivity index (χ4n) is 3.00. The molecule has 29 heavy (non-hydrogen) atoms. The minimum atomic E-state index is -3.63. The van der Waals surface area contributed by atoms with Crippen LogP contribution in [0.5, 0.6) is 0 Å². The lowest BCUT2D eigenvalue weighted by atomic mass is 10.2. The van der Waals surface area contributed by atoms with Crippen molar-refractivity contribution in [1.82, 2.24) is 4.31 Å². The monoisotopic (exact) mass is 434 g/mol. The number of aryl methyl sites for hydroxylation is 2. The summed E-state index contributed by atoms with van der Waals surface area (Å²) in [6, 6.07) is 13.0. The molecule has 1 atom stereocenters. The molecule has 2 aromatic carbocycles. The van der Waals surface area contributed by atoms with Gasteiger partial charge in [0.2, 0.25) is 15.9 Å². The highest BCUT2D eigenvalue weighted by Crippen LogP contribution is 2.27. The Hall–Kier alpha value is -1.87. The summed E-state index contributed by atoms with van der Waals surface area (Å²) in [6.45, 7) is 7.06. The zero-order valence-electron chi connectivity index (χ0n) is 16.8. The van der Waals surface area contributed by atoms with Gasteiger partial charge >= 0.3 is 0 Å². The fraction of sp³-hybridized carbons (Fsp3) is 0.381. The van der Waals surface area contributed by atoms with Crippen molar-refractivity contribution in [2.75, 3.05) is 31.6 Å². The third-order valence-electron chi connectivity index (χ3n) is 4.75. The van der Waals surface area contributed by atoms with Gasteiger partial charge in [0.05, 0.1) is 23.4 Å². The molecule has 0 bridgehead atoms. The Labute approximate surface area is 176 Å². The second-order valence-electron chi connectivity index (χ2n) is 7.06. The van der Waals surface area contributed by atoms with Gasteiger partial charge in [-0.15, -0.1) is 11.8 Å². The van der Waals surface area contributed by atoms with Crippen LogP contribution in [0.3, 0.4) is 0 Å². The van der Waals surface area contributed by atoms with Crippen LogP contribution in [0.15, 0.2) is 52.3 Å². The average molecular weight is 435 g/mol. The van der Waals surface area contributed by atoms with Crippen molar-refractivity contribution in [2.45, 2.75) is 35.8 Å². The van der Waals surface area contributed by atoms with Gasteiger partial charge < -0.3 is 10.1 Å². The third-order valence-corrected chi connectivity index (χ3v) is 7.90. The van der Waals surface area contributed by atoms with Crippen LogP contribution in [0.4, 0.5) is 5.69 Å². The minimum absolute atomic E-state index is 0.172. The first-order valence-electron chi connectivity index (χ1n) is 9.50. The van der Waals surface area contributed by atoms with E-state index in [9.17, 15) is 13.2 Å². The molecule has 8 heteroatoms. The number of ether oxygens (including phenoxy) is 1. The summed E-state index contributed by atoms with van der Waals surface area (Å²) in [7, 11) is -3.63. The van der Waals surface area contributed by atoms with Crippen LogP contribution in [0.25, 0.3) is 0 Å². The van der Waals surface area contributed by atoms with Gasteiger partial charge in [-0.1, -0.05) is 23.8 Å². The number of carbonyl (C=O) groups excluding carboxylic acids is 1. The first-order chi connectivity index (χ1) is 13.8. The number of thioether (sulfide) groups is 1. The number of hydrogen-bond donors (Lipinski definition) is 1. The molecule has 2 aromatic rings. The molecule has 0 radical (unpaired) electrons. The Morgan fingerprint density at radius 2 is 1.76 bits per heavy atom. The molecule has 6 nitrogen and oxygen atoms in total. The SMILES string of the molecule is Cc1ccc(SC(C)C(=O)Nc2ccc(C)c(S(=O)(=O)N3CCOCC3)c2)cc1. The normalized spacial score (nSPS) is 16.4. The summed E-state index contributed by atoms with van der Waals surface area (Å²) in [4.78, 5) is 13.9. The zero-order valence-corrected chi connectivity index (χ0v) is 18.5. The second-order valence-corrected chi connectivity index (χ2v) is 10.4. The Kier molecular flexibility index (Phi) is 7.00. The number of carbonyl (C=O) groups is 1. The highest BCUT2D eigenvalue weighted by atomic mass is 32.2. The lowest BCUT2D eigenvalue weighted by Crippen LogP contribution is -2.40. The third kappa shape index (κ3) is 5.39. The molecule has 1 heterocycles. The lowest BCUT2D eigenvalue weighted by molar-refractivity contribution is -0.115. The van der Waals surface area contributed by atoms with Crippen LogP contribution >= 0.6 is 11.8 Å². The number of amides is 1. The maximum absolute atomic E-state index is 13.0. The van der Waals surface area contributed by atoms with Crippen LogP contribution in [0, 0.1) is 13.8 Å². The number of hydrogen-bond acceptors (Lipinski definition) is 5. The molecule has 0 aliphatic carbocycles. The van der Waals surface area contributed by atoms with E-state index in [4.69, 9.17) is 4.74 Å². The largest absolute Gasteiger partial charge is 0.379 e. The molecule has 1 N–H and O–H groups in total. The van der Waals surface area contributed by atoms with E-state index in [2.05, 4.69) is 5.32 Å². The molecule has 0 saturated carbocycles. The van der Waals surface area contributed by atoms with Gasteiger partial charge in [-0.3, -0.25) is 4.79 Å². The molecule has 1 saturated heterocycles. The van der Waals surface area contributed by atoms with Gasteiger partial charge in [-0.25, -0.2) is 8.42 Å². The number of sulfonamides is 1. The Bertz CT molecular complexity index is 969. The molecule has 1 aliphatic rings. The summed E-state index contributed by atoms with van der Waals surface area (Å²) in [5, 5.41) is 2.53. The fourth-order valence-corrected chi connectivity index (χ4v) is 5.53. The van der Waals surface area contributed by atoms with Crippen LogP contribution in [0.1, 0.15) is 18.1 Å². The average Bonchev–Trinajstić information content (AvgIpc) is 2.71. The van der Waals surface area contributed by atoms with Crippen LogP contribution in [0.2, 0.25) is 0 Å². The number of nitrogens with zero attached hydrogens (tertiary/aromatic N) is 1. The molecule has 3 rings (SSSR count).